The molecule has 0 saturated carbocycles. The number of allylic oxidation sites excluding steroid dienone is 2. The van der Waals surface area contributed by atoms with E-state index < -0.39 is 0 Å². The average Bonchev–Trinajstić information content (AvgIpc) is 2.29. The van der Waals surface area contributed by atoms with Crippen LogP contribution in [0.15, 0.2) is 41.1 Å². The van der Waals surface area contributed by atoms with Crippen LogP contribution in [0.4, 0.5) is 0 Å². The van der Waals surface area contributed by atoms with Gasteiger partial charge in [0.15, 0.2) is 5.76 Å². The lowest BCUT2D eigenvalue weighted by Gasteiger charge is -2.27. The molecule has 5 heteroatoms. The van der Waals surface area contributed by atoms with E-state index in [1.165, 1.54) is 0 Å². The van der Waals surface area contributed by atoms with E-state index in [0.717, 1.165) is 5.70 Å². The molecule has 0 aromatic heterocycles. The maximum atomic E-state index is 11.5. The number of nitrogens with one attached hydrogen (secondary N) is 1. The summed E-state index contributed by atoms with van der Waals surface area (Å²) in [5.41, 5.74) is 3.70. The first kappa shape index (κ1) is 10.5. The van der Waals surface area contributed by atoms with Crippen LogP contribution in [0.5, 0.6) is 0 Å². The quantitative estimate of drug-likeness (QED) is 0.711. The van der Waals surface area contributed by atoms with E-state index in [4.69, 9.17) is 4.74 Å². The molecule has 2 aliphatic heterocycles. The Morgan fingerprint density at radius 1 is 1.56 bits per heavy atom. The third kappa shape index (κ3) is 1.98. The summed E-state index contributed by atoms with van der Waals surface area (Å²) < 4.78 is 5.27. The van der Waals surface area contributed by atoms with Crippen LogP contribution < -0.4 is 5.43 Å². The molecule has 16 heavy (non-hydrogen) atoms. The zero-order valence-corrected chi connectivity index (χ0v) is 9.18. The number of ether oxygens (including phenoxy) is 1. The molecule has 0 saturated heterocycles. The van der Waals surface area contributed by atoms with Crippen LogP contribution in [0.25, 0.3) is 0 Å². The molecule has 0 unspecified atom stereocenters. The van der Waals surface area contributed by atoms with Gasteiger partial charge in [0.05, 0.1) is 12.1 Å². The third-order valence-corrected chi connectivity index (χ3v) is 2.14. The van der Waals surface area contributed by atoms with E-state index in [2.05, 4.69) is 10.4 Å². The van der Waals surface area contributed by atoms with E-state index in [9.17, 15) is 4.79 Å². The number of carbonyl (C=O) groups excluding carboxylic acids is 1. The lowest BCUT2D eigenvalue weighted by molar-refractivity contribution is -0.142. The molecule has 0 radical (unpaired) electrons. The molecule has 2 heterocycles. The fourth-order valence-corrected chi connectivity index (χ4v) is 1.25. The van der Waals surface area contributed by atoms with Crippen LogP contribution in [0.3, 0.4) is 0 Å². The van der Waals surface area contributed by atoms with Gasteiger partial charge in [0.1, 0.15) is 5.70 Å². The highest BCUT2D eigenvalue weighted by Crippen LogP contribution is 2.18. The Balaban J connectivity index is 2.22. The molecule has 0 aromatic rings. The number of aliphatic imine (C=N–C) groups is 1. The second kappa shape index (κ2) is 4.22. The maximum absolute atomic E-state index is 11.5. The van der Waals surface area contributed by atoms with Crippen LogP contribution in [0.2, 0.25) is 0 Å². The van der Waals surface area contributed by atoms with Crippen LogP contribution in [0.1, 0.15) is 13.8 Å². The van der Waals surface area contributed by atoms with Gasteiger partial charge in [-0.05, 0) is 0 Å². The van der Waals surface area contributed by atoms with Crippen molar-refractivity contribution in [2.45, 2.75) is 13.8 Å². The van der Waals surface area contributed by atoms with Crippen LogP contribution in [-0.4, -0.2) is 17.2 Å². The molecule has 0 spiro atoms. The standard InChI is InChI=1S/C11H13N3O2/c1-8(2)11(15)16-10-3-4-13-14-6-5-12-7-9(10)14/h3-8,13H,1-2H3. The minimum Gasteiger partial charge on any atom is -0.424 e. The van der Waals surface area contributed by atoms with Crippen molar-refractivity contribution in [3.63, 3.8) is 0 Å². The molecule has 5 nitrogen and oxygen atoms in total. The van der Waals surface area contributed by atoms with Gasteiger partial charge in [0.2, 0.25) is 0 Å². The molecule has 2 rings (SSSR count). The van der Waals surface area contributed by atoms with Crippen molar-refractivity contribution >= 4 is 12.2 Å². The average molecular weight is 219 g/mol. The minimum atomic E-state index is -0.253. The van der Waals surface area contributed by atoms with Gasteiger partial charge < -0.3 is 10.2 Å². The van der Waals surface area contributed by atoms with Crippen LogP contribution in [0, 0.1) is 5.92 Å². The number of hydrazine groups is 1. The summed E-state index contributed by atoms with van der Waals surface area (Å²) >= 11 is 0. The Hall–Kier alpha value is -2.04. The molecule has 0 aliphatic carbocycles. The topological polar surface area (TPSA) is 53.9 Å². The summed E-state index contributed by atoms with van der Waals surface area (Å²) in [5.74, 6) is 0.100. The summed E-state index contributed by atoms with van der Waals surface area (Å²) in [6, 6.07) is 0. The number of rotatable bonds is 2. The number of hydrogen-bond donors (Lipinski definition) is 1. The molecule has 0 aromatic carbocycles. The van der Waals surface area contributed by atoms with Crippen LogP contribution in [-0.2, 0) is 9.53 Å². The Morgan fingerprint density at radius 2 is 2.38 bits per heavy atom. The molecule has 0 bridgehead atoms. The first-order valence-corrected chi connectivity index (χ1v) is 5.06. The highest BCUT2D eigenvalue weighted by atomic mass is 16.5. The Morgan fingerprint density at radius 3 is 3.12 bits per heavy atom. The van der Waals surface area contributed by atoms with Gasteiger partial charge >= 0.3 is 5.97 Å². The van der Waals surface area contributed by atoms with Gasteiger partial charge in [-0.1, -0.05) is 13.8 Å². The van der Waals surface area contributed by atoms with Gasteiger partial charge in [-0.3, -0.25) is 14.8 Å². The van der Waals surface area contributed by atoms with E-state index in [-0.39, 0.29) is 11.9 Å². The summed E-state index contributed by atoms with van der Waals surface area (Å²) in [6.45, 7) is 3.59. The first-order valence-electron chi connectivity index (χ1n) is 5.06. The van der Waals surface area contributed by atoms with E-state index in [1.807, 2.05) is 0 Å². The fourth-order valence-electron chi connectivity index (χ4n) is 1.25. The molecule has 0 amide bonds. The zero-order valence-electron chi connectivity index (χ0n) is 9.18. The van der Waals surface area contributed by atoms with Crippen molar-refractivity contribution in [1.29, 1.82) is 0 Å². The minimum absolute atomic E-state index is 0.152. The Kier molecular flexibility index (Phi) is 2.76. The highest BCUT2D eigenvalue weighted by molar-refractivity contribution is 5.82. The summed E-state index contributed by atoms with van der Waals surface area (Å²) in [5, 5.41) is 1.73. The van der Waals surface area contributed by atoms with Crippen molar-refractivity contribution in [2.24, 2.45) is 10.9 Å². The maximum Gasteiger partial charge on any atom is 0.313 e. The smallest absolute Gasteiger partial charge is 0.313 e. The molecule has 0 atom stereocenters. The first-order chi connectivity index (χ1) is 7.68. The van der Waals surface area contributed by atoms with E-state index in [1.54, 1.807) is 49.7 Å². The molecule has 84 valence electrons. The largest absolute Gasteiger partial charge is 0.424 e. The Labute approximate surface area is 93.8 Å². The Bertz CT molecular complexity index is 419. The van der Waals surface area contributed by atoms with Crippen molar-refractivity contribution in [3.8, 4) is 0 Å². The second-order valence-electron chi connectivity index (χ2n) is 3.73. The SMILES string of the molecule is CC(C)C(=O)OC1=C2C=NC=CN2NC=C1. The zero-order chi connectivity index (χ0) is 11.5. The summed E-state index contributed by atoms with van der Waals surface area (Å²) in [7, 11) is 0. The van der Waals surface area contributed by atoms with Gasteiger partial charge in [-0.25, -0.2) is 0 Å². The number of esters is 1. The molecule has 1 N–H and O–H groups in total. The predicted octanol–water partition coefficient (Wildman–Crippen LogP) is 1.29. The summed E-state index contributed by atoms with van der Waals surface area (Å²) in [6.07, 6.45) is 8.45. The number of nitrogens with zero attached hydrogens (tertiary/aromatic N) is 2. The lowest BCUT2D eigenvalue weighted by Crippen LogP contribution is -2.34. The van der Waals surface area contributed by atoms with Gasteiger partial charge in [-0.2, -0.15) is 0 Å². The van der Waals surface area contributed by atoms with Crippen molar-refractivity contribution in [3.05, 3.63) is 36.1 Å². The molecular formula is C11H13N3O2. The van der Waals surface area contributed by atoms with Gasteiger partial charge in [0, 0.05) is 24.7 Å². The molecule has 2 aliphatic rings. The van der Waals surface area contributed by atoms with E-state index in [0.29, 0.717) is 5.76 Å². The number of carbonyl (C=O) groups is 1. The summed E-state index contributed by atoms with van der Waals surface area (Å²) in [4.78, 5) is 15.5. The normalized spacial score (nSPS) is 17.6. The van der Waals surface area contributed by atoms with Gasteiger partial charge in [-0.15, -0.1) is 0 Å². The molecule has 0 fully saturated rings. The van der Waals surface area contributed by atoms with E-state index >= 15 is 0 Å². The number of hydrogen-bond acceptors (Lipinski definition) is 5. The number of fused-ring (bicyclic) bond motifs is 1. The second-order valence-corrected chi connectivity index (χ2v) is 3.73. The third-order valence-electron chi connectivity index (χ3n) is 2.14. The predicted molar refractivity (Wildman–Crippen MR) is 59.7 cm³/mol. The monoisotopic (exact) mass is 219 g/mol. The molecular weight excluding hydrogens is 206 g/mol. The van der Waals surface area contributed by atoms with Crippen molar-refractivity contribution < 1.29 is 9.53 Å². The highest BCUT2D eigenvalue weighted by Gasteiger charge is 2.19. The van der Waals surface area contributed by atoms with Crippen molar-refractivity contribution in [1.82, 2.24) is 10.4 Å². The van der Waals surface area contributed by atoms with Crippen LogP contribution >= 0.6 is 0 Å². The fraction of sp³-hybridized carbons (Fsp3) is 0.273. The van der Waals surface area contributed by atoms with Crippen molar-refractivity contribution in [2.75, 3.05) is 0 Å². The lowest BCUT2D eigenvalue weighted by atomic mass is 10.2. The van der Waals surface area contributed by atoms with Gasteiger partial charge in [0.25, 0.3) is 0 Å².